The lowest BCUT2D eigenvalue weighted by Gasteiger charge is -2.16. The number of phenolic OH excluding ortho intramolecular Hbond substituents is 1. The van der Waals surface area contributed by atoms with Gasteiger partial charge in [-0.05, 0) is 18.2 Å². The van der Waals surface area contributed by atoms with E-state index in [9.17, 15) is 5.11 Å². The molecule has 21 heavy (non-hydrogen) atoms. The third-order valence-electron chi connectivity index (χ3n) is 3.17. The summed E-state index contributed by atoms with van der Waals surface area (Å²) in [5.41, 5.74) is 2.41. The molecule has 106 valence electrons. The molecule has 0 unspecified atom stereocenters. The van der Waals surface area contributed by atoms with E-state index in [0.29, 0.717) is 11.4 Å². The van der Waals surface area contributed by atoms with Crippen molar-refractivity contribution in [3.63, 3.8) is 0 Å². The van der Waals surface area contributed by atoms with E-state index in [-0.39, 0.29) is 5.75 Å². The molecular weight excluding hydrogens is 266 g/mol. The Bertz CT molecular complexity index is 752. The zero-order valence-corrected chi connectivity index (χ0v) is 11.8. The zero-order chi connectivity index (χ0) is 14.8. The van der Waals surface area contributed by atoms with Crippen molar-refractivity contribution in [3.05, 3.63) is 49.1 Å². The Morgan fingerprint density at radius 3 is 2.57 bits per heavy atom. The lowest BCUT2D eigenvalue weighted by molar-refractivity contribution is 0.477. The van der Waals surface area contributed by atoms with Gasteiger partial charge in [0, 0.05) is 31.4 Å². The first-order valence-corrected chi connectivity index (χ1v) is 6.52. The number of phenols is 1. The van der Waals surface area contributed by atoms with Crippen molar-refractivity contribution in [3.8, 4) is 28.3 Å². The number of anilines is 1. The minimum atomic E-state index is 0.165. The molecule has 0 saturated carbocycles. The number of benzene rings is 1. The topological polar surface area (TPSA) is 62.4 Å². The van der Waals surface area contributed by atoms with Crippen LogP contribution in [-0.2, 0) is 0 Å². The number of hydrogen-bond donors (Lipinski definition) is 1. The van der Waals surface area contributed by atoms with Crippen molar-refractivity contribution in [2.45, 2.75) is 0 Å². The van der Waals surface area contributed by atoms with E-state index in [1.54, 1.807) is 36.9 Å². The average Bonchev–Trinajstić information content (AvgIpc) is 3.01. The van der Waals surface area contributed by atoms with Crippen molar-refractivity contribution in [2.75, 3.05) is 19.0 Å². The highest BCUT2D eigenvalue weighted by Crippen LogP contribution is 2.32. The van der Waals surface area contributed by atoms with E-state index in [2.05, 4.69) is 9.97 Å². The van der Waals surface area contributed by atoms with Crippen LogP contribution in [-0.4, -0.2) is 29.2 Å². The summed E-state index contributed by atoms with van der Waals surface area (Å²) in [5, 5.41) is 9.94. The van der Waals surface area contributed by atoms with Crippen molar-refractivity contribution in [2.24, 2.45) is 0 Å². The van der Waals surface area contributed by atoms with Gasteiger partial charge in [0.15, 0.2) is 5.82 Å². The molecule has 5 heteroatoms. The zero-order valence-electron chi connectivity index (χ0n) is 11.8. The standard InChI is InChI=1S/C16H15N3O2/c1-19(2)16-13(11-7-8-21-10-11)9-17-15(18-16)12-5-3-4-6-14(12)20/h3-10,20H,1-2H3. The second-order valence-electron chi connectivity index (χ2n) is 4.85. The first-order chi connectivity index (χ1) is 10.2. The number of nitrogens with zero attached hydrogens (tertiary/aromatic N) is 3. The van der Waals surface area contributed by atoms with E-state index in [1.807, 2.05) is 31.1 Å². The Labute approximate surface area is 122 Å². The highest BCUT2D eigenvalue weighted by atomic mass is 16.3. The summed E-state index contributed by atoms with van der Waals surface area (Å²) in [7, 11) is 3.83. The number of aromatic nitrogens is 2. The molecule has 0 radical (unpaired) electrons. The third-order valence-corrected chi connectivity index (χ3v) is 3.17. The second-order valence-corrected chi connectivity index (χ2v) is 4.85. The molecule has 0 aliphatic carbocycles. The molecule has 0 fully saturated rings. The van der Waals surface area contributed by atoms with Crippen molar-refractivity contribution >= 4 is 5.82 Å². The minimum absolute atomic E-state index is 0.165. The Hall–Kier alpha value is -2.82. The van der Waals surface area contributed by atoms with Crippen LogP contribution in [0.3, 0.4) is 0 Å². The maximum atomic E-state index is 9.94. The molecule has 3 rings (SSSR count). The van der Waals surface area contributed by atoms with Crippen molar-refractivity contribution in [1.29, 1.82) is 0 Å². The van der Waals surface area contributed by atoms with E-state index in [0.717, 1.165) is 16.9 Å². The lowest BCUT2D eigenvalue weighted by atomic mass is 10.1. The van der Waals surface area contributed by atoms with Gasteiger partial charge in [-0.15, -0.1) is 0 Å². The molecule has 0 atom stereocenters. The monoisotopic (exact) mass is 281 g/mol. The van der Waals surface area contributed by atoms with Gasteiger partial charge in [0.05, 0.1) is 18.1 Å². The van der Waals surface area contributed by atoms with Gasteiger partial charge in [-0.2, -0.15) is 0 Å². The van der Waals surface area contributed by atoms with Gasteiger partial charge in [-0.25, -0.2) is 9.97 Å². The average molecular weight is 281 g/mol. The molecule has 0 amide bonds. The largest absolute Gasteiger partial charge is 0.507 e. The lowest BCUT2D eigenvalue weighted by Crippen LogP contribution is -2.13. The number of hydrogen-bond acceptors (Lipinski definition) is 5. The van der Waals surface area contributed by atoms with Crippen molar-refractivity contribution in [1.82, 2.24) is 9.97 Å². The Kier molecular flexibility index (Phi) is 3.31. The molecule has 3 aromatic rings. The highest BCUT2D eigenvalue weighted by molar-refractivity contribution is 5.76. The Morgan fingerprint density at radius 1 is 1.10 bits per heavy atom. The first kappa shape index (κ1) is 13.2. The molecule has 0 spiro atoms. The fourth-order valence-electron chi connectivity index (χ4n) is 2.13. The van der Waals surface area contributed by atoms with Crippen LogP contribution >= 0.6 is 0 Å². The first-order valence-electron chi connectivity index (χ1n) is 6.52. The van der Waals surface area contributed by atoms with Crippen LogP contribution in [0.2, 0.25) is 0 Å². The van der Waals surface area contributed by atoms with Gasteiger partial charge in [-0.1, -0.05) is 12.1 Å². The summed E-state index contributed by atoms with van der Waals surface area (Å²) in [6.07, 6.45) is 5.02. The highest BCUT2D eigenvalue weighted by Gasteiger charge is 2.14. The van der Waals surface area contributed by atoms with E-state index in [1.165, 1.54) is 0 Å². The van der Waals surface area contributed by atoms with Crippen molar-refractivity contribution < 1.29 is 9.52 Å². The number of furan rings is 1. The van der Waals surface area contributed by atoms with E-state index in [4.69, 9.17) is 4.42 Å². The molecule has 2 heterocycles. The molecule has 5 nitrogen and oxygen atoms in total. The Balaban J connectivity index is 2.14. The van der Waals surface area contributed by atoms with Gasteiger partial charge in [0.25, 0.3) is 0 Å². The molecule has 0 bridgehead atoms. The number of rotatable bonds is 3. The van der Waals surface area contributed by atoms with Gasteiger partial charge in [0.1, 0.15) is 11.6 Å². The van der Waals surface area contributed by atoms with E-state index < -0.39 is 0 Å². The van der Waals surface area contributed by atoms with Gasteiger partial charge < -0.3 is 14.4 Å². The Morgan fingerprint density at radius 2 is 1.90 bits per heavy atom. The summed E-state index contributed by atoms with van der Waals surface area (Å²) in [6.45, 7) is 0. The normalized spacial score (nSPS) is 10.6. The number of aromatic hydroxyl groups is 1. The van der Waals surface area contributed by atoms with Crippen LogP contribution in [0.25, 0.3) is 22.5 Å². The van der Waals surface area contributed by atoms with E-state index >= 15 is 0 Å². The van der Waals surface area contributed by atoms with Crippen LogP contribution in [0.15, 0.2) is 53.5 Å². The molecule has 0 aliphatic rings. The fraction of sp³-hybridized carbons (Fsp3) is 0.125. The molecule has 1 aromatic carbocycles. The smallest absolute Gasteiger partial charge is 0.165 e. The summed E-state index contributed by atoms with van der Waals surface area (Å²) < 4.78 is 5.12. The maximum absolute atomic E-state index is 9.94. The quantitative estimate of drug-likeness (QED) is 0.799. The van der Waals surface area contributed by atoms with Gasteiger partial charge in [0.2, 0.25) is 0 Å². The third kappa shape index (κ3) is 2.45. The SMILES string of the molecule is CN(C)c1nc(-c2ccccc2O)ncc1-c1ccoc1. The summed E-state index contributed by atoms with van der Waals surface area (Å²) >= 11 is 0. The molecule has 0 saturated heterocycles. The second kappa shape index (κ2) is 5.28. The van der Waals surface area contributed by atoms with Crippen LogP contribution in [0.5, 0.6) is 5.75 Å². The predicted molar refractivity (Wildman–Crippen MR) is 81.2 cm³/mol. The van der Waals surface area contributed by atoms with Crippen LogP contribution in [0.1, 0.15) is 0 Å². The molecule has 0 aliphatic heterocycles. The summed E-state index contributed by atoms with van der Waals surface area (Å²) in [6, 6.07) is 8.90. The summed E-state index contributed by atoms with van der Waals surface area (Å²) in [4.78, 5) is 10.9. The number of para-hydroxylation sites is 1. The van der Waals surface area contributed by atoms with Crippen LogP contribution < -0.4 is 4.90 Å². The van der Waals surface area contributed by atoms with Gasteiger partial charge in [-0.3, -0.25) is 0 Å². The van der Waals surface area contributed by atoms with Crippen LogP contribution in [0.4, 0.5) is 5.82 Å². The molecule has 2 aromatic heterocycles. The maximum Gasteiger partial charge on any atom is 0.165 e. The van der Waals surface area contributed by atoms with Gasteiger partial charge >= 0.3 is 0 Å². The molecule has 1 N–H and O–H groups in total. The summed E-state index contributed by atoms with van der Waals surface area (Å²) in [5.74, 6) is 1.42. The molecular formula is C16H15N3O2. The predicted octanol–water partition coefficient (Wildman–Crippen LogP) is 3.18. The minimum Gasteiger partial charge on any atom is -0.507 e. The fourth-order valence-corrected chi connectivity index (χ4v) is 2.13. The van der Waals surface area contributed by atoms with Crippen LogP contribution in [0, 0.1) is 0 Å².